The molecule has 1 heterocycles. The monoisotopic (exact) mass is 354 g/mol. The Morgan fingerprint density at radius 3 is 1.81 bits per heavy atom. The smallest absolute Gasteiger partial charge is 0.169 e. The zero-order valence-corrected chi connectivity index (χ0v) is 15.4. The molecule has 0 saturated carbocycles. The van der Waals surface area contributed by atoms with Crippen LogP contribution in [0.2, 0.25) is 0 Å². The first-order valence-electron chi connectivity index (χ1n) is 8.90. The molecule has 1 nitrogen and oxygen atoms in total. The van der Waals surface area contributed by atoms with Crippen molar-refractivity contribution >= 4 is 15.9 Å². The van der Waals surface area contributed by atoms with Gasteiger partial charge < -0.3 is 0 Å². The Hall–Kier alpha value is -0.370. The zero-order valence-electron chi connectivity index (χ0n) is 13.8. The number of unbranched alkanes of at least 4 members (excludes halogenated alkanes) is 9. The predicted molar refractivity (Wildman–Crippen MR) is 95.9 cm³/mol. The Morgan fingerprint density at radius 1 is 0.762 bits per heavy atom. The maximum atomic E-state index is 3.66. The summed E-state index contributed by atoms with van der Waals surface area (Å²) in [6.07, 6.45) is 19.8. The van der Waals surface area contributed by atoms with E-state index >= 15 is 0 Å². The van der Waals surface area contributed by atoms with Crippen molar-refractivity contribution in [3.05, 3.63) is 30.6 Å². The highest BCUT2D eigenvalue weighted by atomic mass is 79.9. The van der Waals surface area contributed by atoms with Crippen LogP contribution in [0.5, 0.6) is 0 Å². The average Bonchev–Trinajstić information content (AvgIpc) is 2.54. The third-order valence-corrected chi connectivity index (χ3v) is 4.98. The van der Waals surface area contributed by atoms with Crippen LogP contribution in [-0.4, -0.2) is 5.33 Å². The molecule has 0 radical (unpaired) electrons. The molecule has 0 aliphatic heterocycles. The lowest BCUT2D eigenvalue weighted by Crippen LogP contribution is -2.39. The topological polar surface area (TPSA) is 3.88 Å². The van der Waals surface area contributed by atoms with E-state index in [2.05, 4.69) is 58.0 Å². The van der Waals surface area contributed by atoms with Gasteiger partial charge in [0.15, 0.2) is 18.4 Å². The second-order valence-electron chi connectivity index (χ2n) is 6.10. The summed E-state index contributed by atoms with van der Waals surface area (Å²) < 4.78 is 2.34. The molecular formula is C19H33BrN+. The Bertz CT molecular complexity index is 326. The molecule has 1 atom stereocenters. The fraction of sp³-hybridized carbons (Fsp3) is 0.737. The minimum atomic E-state index is 0.611. The van der Waals surface area contributed by atoms with Gasteiger partial charge in [-0.25, -0.2) is 4.57 Å². The summed E-state index contributed by atoms with van der Waals surface area (Å²) in [6, 6.07) is 6.94. The van der Waals surface area contributed by atoms with Crippen molar-refractivity contribution in [3.8, 4) is 0 Å². The van der Waals surface area contributed by atoms with E-state index in [-0.39, 0.29) is 0 Å². The van der Waals surface area contributed by atoms with Gasteiger partial charge in [-0.05, 0) is 6.42 Å². The van der Waals surface area contributed by atoms with Crippen LogP contribution in [0, 0.1) is 0 Å². The molecule has 0 saturated heterocycles. The maximum Gasteiger partial charge on any atom is 0.169 e. The van der Waals surface area contributed by atoms with Crippen molar-refractivity contribution < 1.29 is 4.57 Å². The van der Waals surface area contributed by atoms with Gasteiger partial charge in [-0.1, -0.05) is 86.7 Å². The Balaban J connectivity index is 1.98. The molecule has 0 aromatic carbocycles. The van der Waals surface area contributed by atoms with Crippen molar-refractivity contribution in [1.82, 2.24) is 0 Å². The van der Waals surface area contributed by atoms with Crippen LogP contribution in [0.4, 0.5) is 0 Å². The molecule has 0 bridgehead atoms. The van der Waals surface area contributed by atoms with Gasteiger partial charge in [-0.2, -0.15) is 0 Å². The Labute approximate surface area is 140 Å². The molecule has 1 aromatic rings. The molecule has 0 aliphatic carbocycles. The van der Waals surface area contributed by atoms with Crippen LogP contribution in [0.3, 0.4) is 0 Å². The lowest BCUT2D eigenvalue weighted by atomic mass is 10.0. The second kappa shape index (κ2) is 13.3. The van der Waals surface area contributed by atoms with Gasteiger partial charge in [0.1, 0.15) is 0 Å². The van der Waals surface area contributed by atoms with Gasteiger partial charge in [0.05, 0.1) is 5.33 Å². The normalized spacial score (nSPS) is 12.5. The summed E-state index contributed by atoms with van der Waals surface area (Å²) in [4.78, 5) is 0. The van der Waals surface area contributed by atoms with Gasteiger partial charge in [0, 0.05) is 18.6 Å². The molecule has 21 heavy (non-hydrogen) atoms. The van der Waals surface area contributed by atoms with Crippen LogP contribution in [0.1, 0.15) is 83.6 Å². The first-order chi connectivity index (χ1) is 10.4. The summed E-state index contributed by atoms with van der Waals surface area (Å²) in [6.45, 7) is 2.29. The molecule has 1 unspecified atom stereocenters. The molecule has 1 aromatic heterocycles. The van der Waals surface area contributed by atoms with Crippen LogP contribution in [0.15, 0.2) is 30.6 Å². The number of nitrogens with zero attached hydrogens (tertiary/aromatic N) is 1. The first kappa shape index (κ1) is 18.7. The lowest BCUT2D eigenvalue weighted by molar-refractivity contribution is -0.719. The highest BCUT2D eigenvalue weighted by Gasteiger charge is 2.15. The molecule has 120 valence electrons. The van der Waals surface area contributed by atoms with E-state index in [1.807, 2.05) is 0 Å². The fourth-order valence-corrected chi connectivity index (χ4v) is 3.49. The second-order valence-corrected chi connectivity index (χ2v) is 6.75. The third kappa shape index (κ3) is 9.29. The number of halogens is 1. The van der Waals surface area contributed by atoms with Gasteiger partial charge >= 0.3 is 0 Å². The Morgan fingerprint density at radius 2 is 1.29 bits per heavy atom. The summed E-state index contributed by atoms with van der Waals surface area (Å²) in [5.41, 5.74) is 0. The largest absolute Gasteiger partial charge is 0.202 e. The van der Waals surface area contributed by atoms with Gasteiger partial charge in [-0.15, -0.1) is 0 Å². The quantitative estimate of drug-likeness (QED) is 0.225. The summed E-state index contributed by atoms with van der Waals surface area (Å²) >= 11 is 3.66. The summed E-state index contributed by atoms with van der Waals surface area (Å²) in [7, 11) is 0. The third-order valence-electron chi connectivity index (χ3n) is 4.23. The molecule has 0 N–H and O–H groups in total. The van der Waals surface area contributed by atoms with Crippen LogP contribution >= 0.6 is 15.9 Å². The highest BCUT2D eigenvalue weighted by molar-refractivity contribution is 9.09. The molecule has 0 spiro atoms. The van der Waals surface area contributed by atoms with Crippen molar-refractivity contribution in [1.29, 1.82) is 0 Å². The van der Waals surface area contributed by atoms with Crippen molar-refractivity contribution in [2.75, 3.05) is 5.33 Å². The van der Waals surface area contributed by atoms with E-state index < -0.39 is 0 Å². The molecule has 0 fully saturated rings. The Kier molecular flexibility index (Phi) is 11.8. The number of hydrogen-bond acceptors (Lipinski definition) is 0. The van der Waals surface area contributed by atoms with Crippen molar-refractivity contribution in [2.45, 2.75) is 83.6 Å². The summed E-state index contributed by atoms with van der Waals surface area (Å²) in [5, 5.41) is 1.05. The molecule has 1 rings (SSSR count). The van der Waals surface area contributed by atoms with E-state index in [1.54, 1.807) is 0 Å². The molecule has 2 heteroatoms. The number of pyridine rings is 1. The predicted octanol–water partition coefficient (Wildman–Crippen LogP) is 6.22. The lowest BCUT2D eigenvalue weighted by Gasteiger charge is -2.09. The van der Waals surface area contributed by atoms with Gasteiger partial charge in [-0.3, -0.25) is 0 Å². The van der Waals surface area contributed by atoms with Crippen LogP contribution in [0.25, 0.3) is 0 Å². The van der Waals surface area contributed by atoms with E-state index in [1.165, 1.54) is 70.6 Å². The standard InChI is InChI=1S/C19H33BrN/c1-2-3-4-5-6-7-8-9-10-12-15-19(18-20)21-16-13-11-14-17-21/h11,13-14,16-17,19H,2-10,12,15,18H2,1H3/q+1. The van der Waals surface area contributed by atoms with E-state index in [0.29, 0.717) is 6.04 Å². The number of alkyl halides is 1. The molecular weight excluding hydrogens is 322 g/mol. The van der Waals surface area contributed by atoms with E-state index in [4.69, 9.17) is 0 Å². The van der Waals surface area contributed by atoms with E-state index in [0.717, 1.165) is 5.33 Å². The number of hydrogen-bond donors (Lipinski definition) is 0. The fourth-order valence-electron chi connectivity index (χ4n) is 2.83. The minimum absolute atomic E-state index is 0.611. The number of rotatable bonds is 13. The van der Waals surface area contributed by atoms with Crippen molar-refractivity contribution in [3.63, 3.8) is 0 Å². The van der Waals surface area contributed by atoms with Gasteiger partial charge in [0.25, 0.3) is 0 Å². The zero-order chi connectivity index (χ0) is 15.2. The highest BCUT2D eigenvalue weighted by Crippen LogP contribution is 2.15. The van der Waals surface area contributed by atoms with Crippen LogP contribution in [-0.2, 0) is 0 Å². The summed E-state index contributed by atoms with van der Waals surface area (Å²) in [5.74, 6) is 0. The van der Waals surface area contributed by atoms with Crippen LogP contribution < -0.4 is 4.57 Å². The molecule has 0 aliphatic rings. The number of aromatic nitrogens is 1. The maximum absolute atomic E-state index is 3.66. The minimum Gasteiger partial charge on any atom is -0.202 e. The SMILES string of the molecule is CCCCCCCCCCCCC(CBr)[n+]1ccccc1. The van der Waals surface area contributed by atoms with E-state index in [9.17, 15) is 0 Å². The van der Waals surface area contributed by atoms with Gasteiger partial charge in [0.2, 0.25) is 0 Å². The van der Waals surface area contributed by atoms with Crippen molar-refractivity contribution in [2.24, 2.45) is 0 Å². The molecule has 0 amide bonds. The average molecular weight is 355 g/mol. The first-order valence-corrected chi connectivity index (χ1v) is 10.0.